The molecule has 2 nitrogen and oxygen atoms in total. The minimum Gasteiger partial charge on any atom is -0.335 e. The number of likely N-dealkylation sites (tertiary alicyclic amines) is 1. The lowest BCUT2D eigenvalue weighted by molar-refractivity contribution is -0.133. The van der Waals surface area contributed by atoms with Crippen LogP contribution in [0, 0.1) is 17.6 Å². The molecular formula is C20H19F2NO. The summed E-state index contributed by atoms with van der Waals surface area (Å²) in [6.07, 6.45) is 2.57. The Kier molecular flexibility index (Phi) is 3.83. The highest BCUT2D eigenvalue weighted by Crippen LogP contribution is 2.50. The zero-order valence-corrected chi connectivity index (χ0v) is 13.3. The van der Waals surface area contributed by atoms with Crippen LogP contribution in [0.15, 0.2) is 48.5 Å². The monoisotopic (exact) mass is 327 g/mol. The predicted octanol–water partition coefficient (Wildman–Crippen LogP) is 4.43. The maximum absolute atomic E-state index is 13.5. The summed E-state index contributed by atoms with van der Waals surface area (Å²) in [6, 6.07) is 13.0. The van der Waals surface area contributed by atoms with Gasteiger partial charge in [-0.05, 0) is 60.6 Å². The third-order valence-corrected chi connectivity index (χ3v) is 5.15. The van der Waals surface area contributed by atoms with Crippen LogP contribution in [0.4, 0.5) is 8.78 Å². The number of amides is 1. The lowest BCUT2D eigenvalue weighted by Crippen LogP contribution is -2.32. The molecule has 0 N–H and O–H groups in total. The maximum atomic E-state index is 13.5. The zero-order chi connectivity index (χ0) is 16.7. The van der Waals surface area contributed by atoms with Crippen molar-refractivity contribution < 1.29 is 13.6 Å². The summed E-state index contributed by atoms with van der Waals surface area (Å²) in [5, 5.41) is 0. The van der Waals surface area contributed by atoms with Crippen LogP contribution < -0.4 is 0 Å². The first-order valence-electron chi connectivity index (χ1n) is 8.45. The van der Waals surface area contributed by atoms with Crippen molar-refractivity contribution >= 4 is 5.91 Å². The van der Waals surface area contributed by atoms with Crippen molar-refractivity contribution in [1.82, 2.24) is 4.90 Å². The van der Waals surface area contributed by atoms with E-state index >= 15 is 0 Å². The van der Waals surface area contributed by atoms with Gasteiger partial charge in [0.15, 0.2) is 0 Å². The van der Waals surface area contributed by atoms with Crippen LogP contribution in [0.25, 0.3) is 0 Å². The van der Waals surface area contributed by atoms with Crippen molar-refractivity contribution in [2.24, 2.45) is 5.92 Å². The van der Waals surface area contributed by atoms with Gasteiger partial charge in [-0.15, -0.1) is 0 Å². The first-order chi connectivity index (χ1) is 11.6. The van der Waals surface area contributed by atoms with Gasteiger partial charge in [0.25, 0.3) is 0 Å². The molecule has 2 aliphatic rings. The minimum atomic E-state index is -0.268. The average molecular weight is 327 g/mol. The number of nitrogens with zero attached hydrogens (tertiary/aromatic N) is 1. The van der Waals surface area contributed by atoms with Crippen LogP contribution in [0.1, 0.15) is 42.3 Å². The summed E-state index contributed by atoms with van der Waals surface area (Å²) in [7, 11) is 0. The fourth-order valence-corrected chi connectivity index (χ4v) is 3.88. The minimum absolute atomic E-state index is 0.0399. The topological polar surface area (TPSA) is 20.3 Å². The molecule has 1 saturated carbocycles. The van der Waals surface area contributed by atoms with Crippen molar-refractivity contribution in [3.05, 3.63) is 71.3 Å². The van der Waals surface area contributed by atoms with E-state index in [-0.39, 0.29) is 35.4 Å². The molecule has 0 radical (unpaired) electrons. The molecule has 124 valence electrons. The van der Waals surface area contributed by atoms with Gasteiger partial charge in [0.05, 0.1) is 6.04 Å². The van der Waals surface area contributed by atoms with Gasteiger partial charge in [-0.25, -0.2) is 8.78 Å². The quantitative estimate of drug-likeness (QED) is 0.816. The Bertz CT molecular complexity index is 776. The van der Waals surface area contributed by atoms with Crippen LogP contribution in [0.2, 0.25) is 0 Å². The van der Waals surface area contributed by atoms with Crippen LogP contribution in [-0.2, 0) is 4.79 Å². The van der Waals surface area contributed by atoms with Gasteiger partial charge >= 0.3 is 0 Å². The van der Waals surface area contributed by atoms with E-state index in [2.05, 4.69) is 0 Å². The van der Waals surface area contributed by atoms with Gasteiger partial charge in [-0.3, -0.25) is 4.79 Å². The second-order valence-corrected chi connectivity index (χ2v) is 6.75. The van der Waals surface area contributed by atoms with Crippen LogP contribution in [-0.4, -0.2) is 17.4 Å². The van der Waals surface area contributed by atoms with E-state index in [0.29, 0.717) is 6.54 Å². The Morgan fingerprint density at radius 2 is 1.67 bits per heavy atom. The SMILES string of the molecule is O=C(C1CC1c1cccc(F)c1)N1CCCC1c1cccc(F)c1. The summed E-state index contributed by atoms with van der Waals surface area (Å²) in [6.45, 7) is 0.715. The zero-order valence-electron chi connectivity index (χ0n) is 13.3. The number of carbonyl (C=O) groups excluding carboxylic acids is 1. The Balaban J connectivity index is 1.50. The van der Waals surface area contributed by atoms with E-state index < -0.39 is 0 Å². The molecule has 24 heavy (non-hydrogen) atoms. The molecule has 0 bridgehead atoms. The second-order valence-electron chi connectivity index (χ2n) is 6.75. The predicted molar refractivity (Wildman–Crippen MR) is 87.3 cm³/mol. The Hall–Kier alpha value is -2.23. The third-order valence-electron chi connectivity index (χ3n) is 5.15. The number of rotatable bonds is 3. The molecule has 3 unspecified atom stereocenters. The molecular weight excluding hydrogens is 308 g/mol. The molecule has 4 rings (SSSR count). The molecule has 0 spiro atoms. The highest BCUT2D eigenvalue weighted by molar-refractivity contribution is 5.83. The molecule has 1 amide bonds. The van der Waals surface area contributed by atoms with Crippen molar-refractivity contribution in [3.63, 3.8) is 0 Å². The summed E-state index contributed by atoms with van der Waals surface area (Å²) in [5.74, 6) is -0.362. The van der Waals surface area contributed by atoms with Gasteiger partial charge < -0.3 is 4.90 Å². The molecule has 1 aliphatic carbocycles. The number of benzene rings is 2. The van der Waals surface area contributed by atoms with E-state index in [4.69, 9.17) is 0 Å². The Morgan fingerprint density at radius 1 is 1.00 bits per heavy atom. The van der Waals surface area contributed by atoms with Crippen molar-refractivity contribution in [3.8, 4) is 0 Å². The molecule has 4 heteroatoms. The standard InChI is InChI=1S/C20H19F2NO/c21-15-6-1-4-13(10-15)17-12-18(17)20(24)23-9-3-8-19(23)14-5-2-7-16(22)11-14/h1-2,4-7,10-11,17-19H,3,8-9,12H2. The summed E-state index contributed by atoms with van der Waals surface area (Å²) in [4.78, 5) is 14.8. The first-order valence-corrected chi connectivity index (χ1v) is 8.45. The first kappa shape index (κ1) is 15.3. The fourth-order valence-electron chi connectivity index (χ4n) is 3.88. The van der Waals surface area contributed by atoms with Crippen LogP contribution >= 0.6 is 0 Å². The second kappa shape index (κ2) is 6.00. The average Bonchev–Trinajstić information content (AvgIpc) is 3.22. The molecule has 1 aliphatic heterocycles. The van der Waals surface area contributed by atoms with Gasteiger partial charge in [0, 0.05) is 12.5 Å². The van der Waals surface area contributed by atoms with Gasteiger partial charge in [0.1, 0.15) is 11.6 Å². The summed E-state index contributed by atoms with van der Waals surface area (Å²) >= 11 is 0. The van der Waals surface area contributed by atoms with E-state index in [9.17, 15) is 13.6 Å². The third kappa shape index (κ3) is 2.81. The molecule has 0 aromatic heterocycles. The summed E-state index contributed by atoms with van der Waals surface area (Å²) < 4.78 is 26.9. The highest BCUT2D eigenvalue weighted by atomic mass is 19.1. The number of hydrogen-bond donors (Lipinski definition) is 0. The highest BCUT2D eigenvalue weighted by Gasteiger charge is 2.47. The van der Waals surface area contributed by atoms with Gasteiger partial charge in [0.2, 0.25) is 5.91 Å². The largest absolute Gasteiger partial charge is 0.335 e. The molecule has 2 aromatic carbocycles. The number of halogens is 2. The Morgan fingerprint density at radius 3 is 2.38 bits per heavy atom. The lowest BCUT2D eigenvalue weighted by atomic mass is 10.0. The Labute approximate surface area is 140 Å². The van der Waals surface area contributed by atoms with E-state index in [1.807, 2.05) is 17.0 Å². The molecule has 2 fully saturated rings. The van der Waals surface area contributed by atoms with Crippen molar-refractivity contribution in [2.75, 3.05) is 6.54 Å². The van der Waals surface area contributed by atoms with Gasteiger partial charge in [-0.2, -0.15) is 0 Å². The van der Waals surface area contributed by atoms with E-state index in [1.165, 1.54) is 24.3 Å². The van der Waals surface area contributed by atoms with E-state index in [0.717, 1.165) is 30.4 Å². The smallest absolute Gasteiger partial charge is 0.226 e. The lowest BCUT2D eigenvalue weighted by Gasteiger charge is -2.25. The van der Waals surface area contributed by atoms with Crippen molar-refractivity contribution in [2.45, 2.75) is 31.2 Å². The van der Waals surface area contributed by atoms with Crippen LogP contribution in [0.3, 0.4) is 0 Å². The van der Waals surface area contributed by atoms with E-state index in [1.54, 1.807) is 12.1 Å². The van der Waals surface area contributed by atoms with Crippen molar-refractivity contribution in [1.29, 1.82) is 0 Å². The maximum Gasteiger partial charge on any atom is 0.226 e. The number of carbonyl (C=O) groups is 1. The molecule has 3 atom stereocenters. The fraction of sp³-hybridized carbons (Fsp3) is 0.350. The summed E-state index contributed by atoms with van der Waals surface area (Å²) in [5.41, 5.74) is 1.76. The molecule has 1 heterocycles. The van der Waals surface area contributed by atoms with Crippen LogP contribution in [0.5, 0.6) is 0 Å². The molecule has 2 aromatic rings. The molecule has 1 saturated heterocycles. The number of hydrogen-bond acceptors (Lipinski definition) is 1. The van der Waals surface area contributed by atoms with Gasteiger partial charge in [-0.1, -0.05) is 24.3 Å². The normalized spacial score (nSPS) is 25.8.